The predicted molar refractivity (Wildman–Crippen MR) is 81.6 cm³/mol. The van der Waals surface area contributed by atoms with Crippen molar-refractivity contribution in [2.75, 3.05) is 13.2 Å². The van der Waals surface area contributed by atoms with Gasteiger partial charge in [0.25, 0.3) is 20.2 Å². The van der Waals surface area contributed by atoms with E-state index in [0.717, 1.165) is 0 Å². The van der Waals surface area contributed by atoms with Gasteiger partial charge in [-0.05, 0) is 25.3 Å². The first-order chi connectivity index (χ1) is 10.3. The van der Waals surface area contributed by atoms with Crippen LogP contribution in [0.4, 0.5) is 0 Å². The Morgan fingerprint density at radius 3 is 2.05 bits per heavy atom. The van der Waals surface area contributed by atoms with Gasteiger partial charge in [-0.3, -0.25) is 8.37 Å². The highest BCUT2D eigenvalue weighted by atomic mass is 32.2. The summed E-state index contributed by atoms with van der Waals surface area (Å²) in [6, 6.07) is 9.34. The van der Waals surface area contributed by atoms with Crippen molar-refractivity contribution >= 4 is 31.0 Å². The lowest BCUT2D eigenvalue weighted by Crippen LogP contribution is -2.15. The van der Waals surface area contributed by atoms with Crippen LogP contribution in [0.15, 0.2) is 46.2 Å². The molecule has 0 bridgehead atoms. The van der Waals surface area contributed by atoms with E-state index in [2.05, 4.69) is 0 Å². The van der Waals surface area contributed by atoms with E-state index >= 15 is 0 Å². The molecule has 2 rings (SSSR count). The fourth-order valence-corrected chi connectivity index (χ4v) is 4.93. The van der Waals surface area contributed by atoms with Crippen molar-refractivity contribution in [1.29, 1.82) is 0 Å². The third kappa shape index (κ3) is 3.14. The lowest BCUT2D eigenvalue weighted by atomic mass is 10.1. The molecule has 0 fully saturated rings. The minimum Gasteiger partial charge on any atom is -0.267 e. The SMILES string of the molecule is CCOS(=O)(=O)c1ccc2ccccc2c1S(=O)(=O)OCC. The van der Waals surface area contributed by atoms with Gasteiger partial charge in [-0.15, -0.1) is 0 Å². The zero-order valence-corrected chi connectivity index (χ0v) is 13.8. The molecule has 6 nitrogen and oxygen atoms in total. The molecule has 2 aromatic rings. The average Bonchev–Trinajstić information content (AvgIpc) is 2.45. The minimum atomic E-state index is -4.23. The summed E-state index contributed by atoms with van der Waals surface area (Å²) in [7, 11) is -8.42. The van der Waals surface area contributed by atoms with Gasteiger partial charge < -0.3 is 0 Å². The van der Waals surface area contributed by atoms with Crippen LogP contribution in [0.25, 0.3) is 10.8 Å². The highest BCUT2D eigenvalue weighted by molar-refractivity contribution is 7.90. The summed E-state index contributed by atoms with van der Waals surface area (Å²) < 4.78 is 58.7. The van der Waals surface area contributed by atoms with Crippen molar-refractivity contribution in [3.63, 3.8) is 0 Å². The molecule has 0 spiro atoms. The topological polar surface area (TPSA) is 86.7 Å². The largest absolute Gasteiger partial charge is 0.298 e. The van der Waals surface area contributed by atoms with Crippen molar-refractivity contribution in [2.45, 2.75) is 23.6 Å². The van der Waals surface area contributed by atoms with Crippen molar-refractivity contribution in [3.05, 3.63) is 36.4 Å². The van der Waals surface area contributed by atoms with Gasteiger partial charge in [0, 0.05) is 5.39 Å². The Morgan fingerprint density at radius 1 is 0.818 bits per heavy atom. The molecule has 0 saturated heterocycles. The molecule has 0 heterocycles. The summed E-state index contributed by atoms with van der Waals surface area (Å²) in [6.45, 7) is 2.83. The van der Waals surface area contributed by atoms with Gasteiger partial charge >= 0.3 is 0 Å². The van der Waals surface area contributed by atoms with Crippen LogP contribution >= 0.6 is 0 Å². The summed E-state index contributed by atoms with van der Waals surface area (Å²) in [5.41, 5.74) is 0. The molecule has 0 atom stereocenters. The highest BCUT2D eigenvalue weighted by Gasteiger charge is 2.29. The third-order valence-corrected chi connectivity index (χ3v) is 5.95. The van der Waals surface area contributed by atoms with Crippen LogP contribution in [0.1, 0.15) is 13.8 Å². The predicted octanol–water partition coefficient (Wildman–Crippen LogP) is 2.29. The molecule has 0 unspecified atom stereocenters. The summed E-state index contributed by atoms with van der Waals surface area (Å²) in [5, 5.41) is 0.868. The van der Waals surface area contributed by atoms with E-state index < -0.39 is 25.1 Å². The lowest BCUT2D eigenvalue weighted by Gasteiger charge is -2.13. The van der Waals surface area contributed by atoms with Gasteiger partial charge in [-0.1, -0.05) is 30.3 Å². The Hall–Kier alpha value is -1.48. The number of benzene rings is 2. The second kappa shape index (κ2) is 6.33. The van der Waals surface area contributed by atoms with E-state index in [0.29, 0.717) is 5.39 Å². The molecule has 0 amide bonds. The second-order valence-corrected chi connectivity index (χ2v) is 7.47. The third-order valence-electron chi connectivity index (χ3n) is 2.91. The van der Waals surface area contributed by atoms with Crippen LogP contribution < -0.4 is 0 Å². The van der Waals surface area contributed by atoms with Crippen LogP contribution in [0, 0.1) is 0 Å². The first-order valence-corrected chi connectivity index (χ1v) is 9.45. The van der Waals surface area contributed by atoms with Crippen LogP contribution in [-0.4, -0.2) is 30.0 Å². The molecule has 0 aliphatic carbocycles. The molecule has 8 heteroatoms. The standard InChI is InChI=1S/C14H16O6S2/c1-3-19-21(15,16)13-10-9-11-7-5-6-8-12(11)14(13)22(17,18)20-4-2/h5-10H,3-4H2,1-2H3. The van der Waals surface area contributed by atoms with Crippen molar-refractivity contribution in [2.24, 2.45) is 0 Å². The summed E-state index contributed by atoms with van der Waals surface area (Å²) >= 11 is 0. The molecule has 0 radical (unpaired) electrons. The average molecular weight is 344 g/mol. The molecule has 0 N–H and O–H groups in total. The van der Waals surface area contributed by atoms with E-state index in [1.165, 1.54) is 32.0 Å². The van der Waals surface area contributed by atoms with E-state index in [9.17, 15) is 16.8 Å². The van der Waals surface area contributed by atoms with E-state index in [1.807, 2.05) is 0 Å². The molecule has 0 aromatic heterocycles. The molecule has 120 valence electrons. The maximum atomic E-state index is 12.4. The zero-order chi connectivity index (χ0) is 16.4. The van der Waals surface area contributed by atoms with Crippen LogP contribution in [0.3, 0.4) is 0 Å². The van der Waals surface area contributed by atoms with Gasteiger partial charge in [0.05, 0.1) is 13.2 Å². The molecular formula is C14H16O6S2. The highest BCUT2D eigenvalue weighted by Crippen LogP contribution is 2.32. The maximum Gasteiger partial charge on any atom is 0.298 e. The first-order valence-electron chi connectivity index (χ1n) is 6.64. The molecule has 0 aliphatic heterocycles. The smallest absolute Gasteiger partial charge is 0.267 e. The Balaban J connectivity index is 2.89. The monoisotopic (exact) mass is 344 g/mol. The van der Waals surface area contributed by atoms with E-state index in [4.69, 9.17) is 8.37 Å². The van der Waals surface area contributed by atoms with Crippen molar-refractivity contribution in [1.82, 2.24) is 0 Å². The van der Waals surface area contributed by atoms with Crippen LogP contribution in [0.5, 0.6) is 0 Å². The van der Waals surface area contributed by atoms with Gasteiger partial charge in [0.2, 0.25) is 0 Å². The Labute approximate surface area is 129 Å². The number of fused-ring (bicyclic) bond motifs is 1. The van der Waals surface area contributed by atoms with Crippen LogP contribution in [-0.2, 0) is 28.6 Å². The zero-order valence-electron chi connectivity index (χ0n) is 12.1. The lowest BCUT2D eigenvalue weighted by molar-refractivity contribution is 0.329. The van der Waals surface area contributed by atoms with Crippen LogP contribution in [0.2, 0.25) is 0 Å². The van der Waals surface area contributed by atoms with E-state index in [1.54, 1.807) is 18.2 Å². The normalized spacial score (nSPS) is 12.6. The first kappa shape index (κ1) is 16.9. The quantitative estimate of drug-likeness (QED) is 0.747. The fourth-order valence-electron chi connectivity index (χ4n) is 2.11. The van der Waals surface area contributed by atoms with Crippen molar-refractivity contribution < 1.29 is 25.2 Å². The summed E-state index contributed by atoms with van der Waals surface area (Å²) in [5.74, 6) is 0. The second-order valence-electron chi connectivity index (χ2n) is 4.34. The maximum absolute atomic E-state index is 12.4. The Morgan fingerprint density at radius 2 is 1.41 bits per heavy atom. The number of hydrogen-bond donors (Lipinski definition) is 0. The summed E-state index contributed by atoms with van der Waals surface area (Å²) in [6.07, 6.45) is 0. The Bertz CT molecular complexity index is 885. The molecule has 0 aliphatic rings. The van der Waals surface area contributed by atoms with E-state index in [-0.39, 0.29) is 23.5 Å². The van der Waals surface area contributed by atoms with Crippen molar-refractivity contribution in [3.8, 4) is 0 Å². The minimum absolute atomic E-state index is 0.0940. The fraction of sp³-hybridized carbons (Fsp3) is 0.286. The molecule has 0 saturated carbocycles. The molecule has 2 aromatic carbocycles. The number of hydrogen-bond acceptors (Lipinski definition) is 6. The van der Waals surface area contributed by atoms with Gasteiger partial charge in [0.1, 0.15) is 9.79 Å². The molecular weight excluding hydrogens is 328 g/mol. The Kier molecular flexibility index (Phi) is 4.86. The molecule has 22 heavy (non-hydrogen) atoms. The number of rotatable bonds is 6. The summed E-state index contributed by atoms with van der Waals surface area (Å²) in [4.78, 5) is -0.803. The van der Waals surface area contributed by atoms with Gasteiger partial charge in [-0.25, -0.2) is 0 Å². The van der Waals surface area contributed by atoms with Gasteiger partial charge in [-0.2, -0.15) is 16.8 Å². The van der Waals surface area contributed by atoms with Gasteiger partial charge in [0.15, 0.2) is 0 Å².